The summed E-state index contributed by atoms with van der Waals surface area (Å²) < 4.78 is 11.5. The Morgan fingerprint density at radius 1 is 1.25 bits per heavy atom. The normalized spacial score (nSPS) is 19.2. The predicted molar refractivity (Wildman–Crippen MR) is 109 cm³/mol. The fraction of sp³-hybridized carbons (Fsp3) is 0.524. The summed E-state index contributed by atoms with van der Waals surface area (Å²) in [7, 11) is 0. The lowest BCUT2D eigenvalue weighted by Gasteiger charge is -2.37. The molecular weight excluding hydrogens is 374 g/mol. The number of likely N-dealkylation sites (tertiary alicyclic amines) is 1. The van der Waals surface area contributed by atoms with Gasteiger partial charge in [0.05, 0.1) is 23.8 Å². The third-order valence-corrected chi connectivity index (χ3v) is 6.51. The molecule has 0 unspecified atom stereocenters. The monoisotopic (exact) mass is 401 g/mol. The molecule has 3 heterocycles. The van der Waals surface area contributed by atoms with Crippen LogP contribution in [0.4, 0.5) is 4.79 Å². The van der Waals surface area contributed by atoms with Crippen LogP contribution in [0, 0.1) is 0 Å². The van der Waals surface area contributed by atoms with E-state index in [-0.39, 0.29) is 11.7 Å². The van der Waals surface area contributed by atoms with Crippen LogP contribution in [0.2, 0.25) is 0 Å². The number of hydrogen-bond acceptors (Lipinski definition) is 6. The van der Waals surface area contributed by atoms with E-state index in [9.17, 15) is 4.79 Å². The van der Waals surface area contributed by atoms with Gasteiger partial charge in [0.15, 0.2) is 0 Å². The van der Waals surface area contributed by atoms with Crippen LogP contribution in [0.5, 0.6) is 5.75 Å². The zero-order chi connectivity index (χ0) is 19.4. The van der Waals surface area contributed by atoms with Crippen LogP contribution in [0.1, 0.15) is 30.5 Å². The Morgan fingerprint density at radius 2 is 2.04 bits per heavy atom. The molecule has 0 radical (unpaired) electrons. The number of amides is 1. The predicted octanol–water partition coefficient (Wildman–Crippen LogP) is 3.57. The fourth-order valence-electron chi connectivity index (χ4n) is 3.85. The molecule has 6 nitrogen and oxygen atoms in total. The van der Waals surface area contributed by atoms with Gasteiger partial charge in [0.2, 0.25) is 0 Å². The van der Waals surface area contributed by atoms with Gasteiger partial charge in [-0.1, -0.05) is 25.1 Å². The molecule has 4 rings (SSSR count). The van der Waals surface area contributed by atoms with Crippen molar-refractivity contribution in [2.45, 2.75) is 38.3 Å². The van der Waals surface area contributed by atoms with Crippen LogP contribution in [0.15, 0.2) is 35.7 Å². The molecule has 0 atom stereocenters. The Hall–Kier alpha value is -2.12. The minimum atomic E-state index is -0.336. The molecule has 150 valence electrons. The third-order valence-electron chi connectivity index (χ3n) is 5.47. The van der Waals surface area contributed by atoms with Gasteiger partial charge in [-0.3, -0.25) is 4.90 Å². The zero-order valence-corrected chi connectivity index (χ0v) is 17.1. The van der Waals surface area contributed by atoms with E-state index in [1.54, 1.807) is 16.2 Å². The number of aromatic nitrogens is 1. The summed E-state index contributed by atoms with van der Waals surface area (Å²) in [5, 5.41) is 3.36. The van der Waals surface area contributed by atoms with Crippen LogP contribution in [0.3, 0.4) is 0 Å². The molecule has 0 bridgehead atoms. The topological polar surface area (TPSA) is 54.9 Å². The number of para-hydroxylation sites is 1. The first-order chi connectivity index (χ1) is 13.7. The second-order valence-corrected chi connectivity index (χ2v) is 8.44. The van der Waals surface area contributed by atoms with Crippen molar-refractivity contribution in [3.63, 3.8) is 0 Å². The van der Waals surface area contributed by atoms with Gasteiger partial charge in [-0.05, 0) is 18.6 Å². The molecule has 0 aliphatic carbocycles. The number of carbonyl (C=O) groups is 1. The van der Waals surface area contributed by atoms with Crippen LogP contribution >= 0.6 is 11.3 Å². The van der Waals surface area contributed by atoms with Gasteiger partial charge in [-0.15, -0.1) is 11.3 Å². The van der Waals surface area contributed by atoms with E-state index in [1.807, 2.05) is 30.3 Å². The Balaban J connectivity index is 1.24. The Morgan fingerprint density at radius 3 is 2.75 bits per heavy atom. The van der Waals surface area contributed by atoms with Crippen molar-refractivity contribution in [3.05, 3.63) is 46.4 Å². The van der Waals surface area contributed by atoms with Crippen LogP contribution in [-0.2, 0) is 17.7 Å². The number of rotatable bonds is 7. The van der Waals surface area contributed by atoms with Crippen molar-refractivity contribution < 1.29 is 14.3 Å². The number of benzene rings is 1. The standard InChI is InChI=1S/C21H27N3O3S/c1-2-19-22-17(15-28-19)14-23-10-8-21(9-11-23)16-24(20(25)27-21)12-13-26-18-6-4-3-5-7-18/h3-7,15H,2,8-14,16H2,1H3. The number of carbonyl (C=O) groups excluding carboxylic acids is 1. The van der Waals surface area contributed by atoms with Gasteiger partial charge in [-0.25, -0.2) is 9.78 Å². The Labute approximate surface area is 170 Å². The average Bonchev–Trinajstić information content (AvgIpc) is 3.29. The quantitative estimate of drug-likeness (QED) is 0.710. The summed E-state index contributed by atoms with van der Waals surface area (Å²) in [6.45, 7) is 6.58. The molecule has 0 saturated carbocycles. The maximum atomic E-state index is 12.3. The lowest BCUT2D eigenvalue weighted by Crippen LogP contribution is -2.46. The fourth-order valence-corrected chi connectivity index (χ4v) is 4.58. The molecule has 1 spiro atoms. The van der Waals surface area contributed by atoms with Gasteiger partial charge >= 0.3 is 6.09 Å². The Kier molecular flexibility index (Phi) is 5.82. The average molecular weight is 402 g/mol. The highest BCUT2D eigenvalue weighted by Gasteiger charge is 2.46. The minimum absolute atomic E-state index is 0.211. The van der Waals surface area contributed by atoms with E-state index in [0.29, 0.717) is 19.7 Å². The number of nitrogens with zero attached hydrogens (tertiary/aromatic N) is 3. The van der Waals surface area contributed by atoms with Gasteiger partial charge in [-0.2, -0.15) is 0 Å². The molecule has 7 heteroatoms. The van der Waals surface area contributed by atoms with Gasteiger partial charge in [0.25, 0.3) is 0 Å². The number of thiazole rings is 1. The summed E-state index contributed by atoms with van der Waals surface area (Å²) in [5.41, 5.74) is 0.817. The van der Waals surface area contributed by atoms with Crippen molar-refractivity contribution >= 4 is 17.4 Å². The summed E-state index contributed by atoms with van der Waals surface area (Å²) >= 11 is 1.74. The largest absolute Gasteiger partial charge is 0.492 e. The molecule has 2 aliphatic rings. The van der Waals surface area contributed by atoms with E-state index in [4.69, 9.17) is 9.47 Å². The molecule has 2 fully saturated rings. The highest BCUT2D eigenvalue weighted by molar-refractivity contribution is 7.09. The molecule has 2 aliphatic heterocycles. The number of hydrogen-bond donors (Lipinski definition) is 0. The second kappa shape index (κ2) is 8.49. The van der Waals surface area contributed by atoms with Gasteiger partial charge in [0, 0.05) is 37.9 Å². The van der Waals surface area contributed by atoms with E-state index < -0.39 is 0 Å². The third kappa shape index (κ3) is 4.47. The smallest absolute Gasteiger partial charge is 0.410 e. The lowest BCUT2D eigenvalue weighted by molar-refractivity contribution is -0.00149. The van der Waals surface area contributed by atoms with Crippen molar-refractivity contribution in [1.82, 2.24) is 14.8 Å². The van der Waals surface area contributed by atoms with Crippen LogP contribution < -0.4 is 4.74 Å². The molecule has 28 heavy (non-hydrogen) atoms. The minimum Gasteiger partial charge on any atom is -0.492 e. The highest BCUT2D eigenvalue weighted by atomic mass is 32.1. The molecule has 1 amide bonds. The second-order valence-electron chi connectivity index (χ2n) is 7.50. The van der Waals surface area contributed by atoms with E-state index >= 15 is 0 Å². The maximum absolute atomic E-state index is 12.3. The zero-order valence-electron chi connectivity index (χ0n) is 16.3. The van der Waals surface area contributed by atoms with Crippen LogP contribution in [-0.4, -0.2) is 59.3 Å². The van der Waals surface area contributed by atoms with E-state index in [1.165, 1.54) is 5.01 Å². The Bertz CT molecular complexity index is 787. The lowest BCUT2D eigenvalue weighted by atomic mass is 9.91. The van der Waals surface area contributed by atoms with Gasteiger partial charge < -0.3 is 14.4 Å². The molecule has 0 N–H and O–H groups in total. The molecule has 1 aromatic heterocycles. The van der Waals surface area contributed by atoms with Crippen molar-refractivity contribution in [3.8, 4) is 5.75 Å². The molecular formula is C21H27N3O3S. The first-order valence-corrected chi connectivity index (χ1v) is 10.9. The first-order valence-electron chi connectivity index (χ1n) is 9.97. The number of piperidine rings is 1. The summed E-state index contributed by atoms with van der Waals surface area (Å²) in [4.78, 5) is 21.2. The van der Waals surface area contributed by atoms with Crippen molar-refractivity contribution in [2.24, 2.45) is 0 Å². The summed E-state index contributed by atoms with van der Waals surface area (Å²) in [6, 6.07) is 9.68. The van der Waals surface area contributed by atoms with E-state index in [0.717, 1.165) is 50.3 Å². The summed E-state index contributed by atoms with van der Waals surface area (Å²) in [5.74, 6) is 0.825. The molecule has 2 saturated heterocycles. The van der Waals surface area contributed by atoms with Gasteiger partial charge in [0.1, 0.15) is 18.0 Å². The molecule has 2 aromatic rings. The molecule has 1 aromatic carbocycles. The highest BCUT2D eigenvalue weighted by Crippen LogP contribution is 2.33. The number of aryl methyl sites for hydroxylation is 1. The van der Waals surface area contributed by atoms with Crippen molar-refractivity contribution in [2.75, 3.05) is 32.8 Å². The SMILES string of the molecule is CCc1nc(CN2CCC3(CC2)CN(CCOc2ccccc2)C(=O)O3)cs1. The van der Waals surface area contributed by atoms with E-state index in [2.05, 4.69) is 22.2 Å². The maximum Gasteiger partial charge on any atom is 0.410 e. The number of ether oxygens (including phenoxy) is 2. The van der Waals surface area contributed by atoms with Crippen molar-refractivity contribution in [1.29, 1.82) is 0 Å². The summed E-state index contributed by atoms with van der Waals surface area (Å²) in [6.07, 6.45) is 2.53. The first kappa shape index (κ1) is 19.2. The van der Waals surface area contributed by atoms with Crippen LogP contribution in [0.25, 0.3) is 0 Å².